The number of aromatic nitrogens is 2. The number of nitrogen functional groups attached to an aromatic ring is 1. The van der Waals surface area contributed by atoms with Gasteiger partial charge in [0, 0.05) is 31.7 Å². The lowest BCUT2D eigenvalue weighted by Crippen LogP contribution is -2.36. The van der Waals surface area contributed by atoms with E-state index in [1.54, 1.807) is 4.68 Å². The molecule has 1 saturated heterocycles. The smallest absolute Gasteiger partial charge is 0.118 e. The second-order valence-corrected chi connectivity index (χ2v) is 4.96. The van der Waals surface area contributed by atoms with Crippen LogP contribution in [0.3, 0.4) is 0 Å². The molecule has 1 unspecified atom stereocenters. The number of aryl methyl sites for hydroxylation is 1. The summed E-state index contributed by atoms with van der Waals surface area (Å²) in [4.78, 5) is 2.04. The van der Waals surface area contributed by atoms with Crippen LogP contribution < -0.4 is 10.6 Å². The largest absolute Gasteiger partial charge is 0.397 e. The number of halogens is 1. The SMILES string of the molecule is Cn1cc2cc(N3CCCC(F)C3)c(N)cc2n1. The molecule has 2 N–H and O–H groups in total. The molecule has 96 valence electrons. The van der Waals surface area contributed by atoms with Gasteiger partial charge >= 0.3 is 0 Å². The van der Waals surface area contributed by atoms with Crippen molar-refractivity contribution in [3.8, 4) is 0 Å². The summed E-state index contributed by atoms with van der Waals surface area (Å²) in [5, 5.41) is 5.36. The Labute approximate surface area is 105 Å². The zero-order chi connectivity index (χ0) is 12.7. The Morgan fingerprint density at radius 1 is 1.44 bits per heavy atom. The van der Waals surface area contributed by atoms with Crippen LogP contribution in [0.2, 0.25) is 0 Å². The van der Waals surface area contributed by atoms with E-state index in [1.165, 1.54) is 0 Å². The van der Waals surface area contributed by atoms with Crippen molar-refractivity contribution in [3.63, 3.8) is 0 Å². The van der Waals surface area contributed by atoms with E-state index in [9.17, 15) is 4.39 Å². The molecule has 0 radical (unpaired) electrons. The van der Waals surface area contributed by atoms with Gasteiger partial charge in [0.25, 0.3) is 0 Å². The number of hydrogen-bond acceptors (Lipinski definition) is 3. The minimum absolute atomic E-state index is 0.440. The molecule has 18 heavy (non-hydrogen) atoms. The van der Waals surface area contributed by atoms with E-state index < -0.39 is 6.17 Å². The summed E-state index contributed by atoms with van der Waals surface area (Å²) < 4.78 is 15.2. The summed E-state index contributed by atoms with van der Waals surface area (Å²) in [5.41, 5.74) is 8.55. The standard InChI is InChI=1S/C13H17FN4/c1-17-7-9-5-13(11(15)6-12(9)16-17)18-4-2-3-10(14)8-18/h5-7,10H,2-4,8,15H2,1H3. The van der Waals surface area contributed by atoms with E-state index >= 15 is 0 Å². The number of benzene rings is 1. The Balaban J connectivity index is 2.02. The Morgan fingerprint density at radius 2 is 2.28 bits per heavy atom. The third kappa shape index (κ3) is 1.89. The zero-order valence-electron chi connectivity index (χ0n) is 10.4. The van der Waals surface area contributed by atoms with E-state index in [2.05, 4.69) is 5.10 Å². The molecule has 0 aliphatic carbocycles. The van der Waals surface area contributed by atoms with Crippen molar-refractivity contribution in [2.24, 2.45) is 7.05 Å². The van der Waals surface area contributed by atoms with Crippen LogP contribution in [-0.4, -0.2) is 29.0 Å². The van der Waals surface area contributed by atoms with Crippen LogP contribution in [0.15, 0.2) is 18.3 Å². The topological polar surface area (TPSA) is 47.1 Å². The van der Waals surface area contributed by atoms with Crippen molar-refractivity contribution >= 4 is 22.3 Å². The predicted molar refractivity (Wildman–Crippen MR) is 71.5 cm³/mol. The number of nitrogens with zero attached hydrogens (tertiary/aromatic N) is 3. The monoisotopic (exact) mass is 248 g/mol. The lowest BCUT2D eigenvalue weighted by Gasteiger charge is -2.31. The van der Waals surface area contributed by atoms with Gasteiger partial charge in [-0.05, 0) is 25.0 Å². The predicted octanol–water partition coefficient (Wildman–Crippen LogP) is 2.09. The number of fused-ring (bicyclic) bond motifs is 1. The van der Waals surface area contributed by atoms with Gasteiger partial charge in [-0.1, -0.05) is 0 Å². The molecule has 1 aromatic heterocycles. The van der Waals surface area contributed by atoms with E-state index in [-0.39, 0.29) is 0 Å². The number of anilines is 2. The molecule has 5 heteroatoms. The molecule has 4 nitrogen and oxygen atoms in total. The second kappa shape index (κ2) is 4.15. The van der Waals surface area contributed by atoms with Crippen molar-refractivity contribution in [2.75, 3.05) is 23.7 Å². The van der Waals surface area contributed by atoms with Gasteiger partial charge in [-0.25, -0.2) is 4.39 Å². The molecule has 1 aliphatic rings. The molecule has 0 spiro atoms. The number of nitrogens with two attached hydrogens (primary N) is 1. The molecule has 1 fully saturated rings. The van der Waals surface area contributed by atoms with Crippen molar-refractivity contribution in [2.45, 2.75) is 19.0 Å². The van der Waals surface area contributed by atoms with Crippen LogP contribution in [-0.2, 0) is 7.05 Å². The minimum Gasteiger partial charge on any atom is -0.397 e. The van der Waals surface area contributed by atoms with Crippen molar-refractivity contribution in [1.82, 2.24) is 9.78 Å². The Hall–Kier alpha value is -1.78. The van der Waals surface area contributed by atoms with Gasteiger partial charge < -0.3 is 10.6 Å². The zero-order valence-corrected chi connectivity index (χ0v) is 10.4. The van der Waals surface area contributed by atoms with Gasteiger partial charge in [0.2, 0.25) is 0 Å². The highest BCUT2D eigenvalue weighted by atomic mass is 19.1. The van der Waals surface area contributed by atoms with E-state index in [0.29, 0.717) is 18.7 Å². The first-order valence-electron chi connectivity index (χ1n) is 6.25. The fourth-order valence-electron chi connectivity index (χ4n) is 2.62. The first kappa shape index (κ1) is 11.3. The summed E-state index contributed by atoms with van der Waals surface area (Å²) in [6.45, 7) is 1.31. The second-order valence-electron chi connectivity index (χ2n) is 4.96. The maximum Gasteiger partial charge on any atom is 0.118 e. The van der Waals surface area contributed by atoms with Crippen LogP contribution in [0, 0.1) is 0 Å². The van der Waals surface area contributed by atoms with Gasteiger partial charge in [-0.15, -0.1) is 0 Å². The minimum atomic E-state index is -0.747. The molecule has 1 aromatic carbocycles. The normalized spacial score (nSPS) is 20.6. The van der Waals surface area contributed by atoms with Crippen molar-refractivity contribution in [3.05, 3.63) is 18.3 Å². The molecule has 0 bridgehead atoms. The Kier molecular flexibility index (Phi) is 2.61. The molecule has 1 atom stereocenters. The molecule has 2 heterocycles. The maximum atomic E-state index is 13.5. The molecule has 2 aromatic rings. The lowest BCUT2D eigenvalue weighted by atomic mass is 10.1. The van der Waals surface area contributed by atoms with Crippen LogP contribution in [0.4, 0.5) is 15.8 Å². The van der Waals surface area contributed by atoms with Crippen LogP contribution >= 0.6 is 0 Å². The lowest BCUT2D eigenvalue weighted by molar-refractivity contribution is 0.287. The van der Waals surface area contributed by atoms with E-state index in [4.69, 9.17) is 5.73 Å². The molecule has 1 aliphatic heterocycles. The number of piperidine rings is 1. The first-order chi connectivity index (χ1) is 8.63. The van der Waals surface area contributed by atoms with Crippen molar-refractivity contribution < 1.29 is 4.39 Å². The van der Waals surface area contributed by atoms with Crippen LogP contribution in [0.5, 0.6) is 0 Å². The Morgan fingerprint density at radius 3 is 3.06 bits per heavy atom. The average Bonchev–Trinajstić information content (AvgIpc) is 2.67. The number of hydrogen-bond donors (Lipinski definition) is 1. The molecule has 0 amide bonds. The highest BCUT2D eigenvalue weighted by molar-refractivity contribution is 5.89. The van der Waals surface area contributed by atoms with Crippen LogP contribution in [0.1, 0.15) is 12.8 Å². The third-order valence-electron chi connectivity index (χ3n) is 3.47. The van der Waals surface area contributed by atoms with E-state index in [0.717, 1.165) is 29.6 Å². The fraction of sp³-hybridized carbons (Fsp3) is 0.462. The maximum absolute atomic E-state index is 13.5. The van der Waals surface area contributed by atoms with Gasteiger partial charge in [0.05, 0.1) is 16.9 Å². The summed E-state index contributed by atoms with van der Waals surface area (Å²) in [5.74, 6) is 0. The van der Waals surface area contributed by atoms with Gasteiger partial charge in [-0.2, -0.15) is 5.10 Å². The summed E-state index contributed by atoms with van der Waals surface area (Å²) in [6, 6.07) is 3.88. The quantitative estimate of drug-likeness (QED) is 0.786. The Bertz CT molecular complexity index is 578. The van der Waals surface area contributed by atoms with E-state index in [1.807, 2.05) is 30.3 Å². The van der Waals surface area contributed by atoms with Gasteiger partial charge in [0.1, 0.15) is 6.17 Å². The highest BCUT2D eigenvalue weighted by Gasteiger charge is 2.21. The molecule has 3 rings (SSSR count). The summed E-state index contributed by atoms with van der Waals surface area (Å²) in [7, 11) is 1.88. The molecular formula is C13H17FN4. The highest BCUT2D eigenvalue weighted by Crippen LogP contribution is 2.31. The molecular weight excluding hydrogens is 231 g/mol. The third-order valence-corrected chi connectivity index (χ3v) is 3.47. The van der Waals surface area contributed by atoms with Gasteiger partial charge in [0.15, 0.2) is 0 Å². The van der Waals surface area contributed by atoms with Crippen LogP contribution in [0.25, 0.3) is 10.9 Å². The van der Waals surface area contributed by atoms with Crippen molar-refractivity contribution in [1.29, 1.82) is 0 Å². The summed E-state index contributed by atoms with van der Waals surface area (Å²) in [6.07, 6.45) is 2.74. The number of alkyl halides is 1. The molecule has 0 saturated carbocycles. The summed E-state index contributed by atoms with van der Waals surface area (Å²) >= 11 is 0. The fourth-order valence-corrected chi connectivity index (χ4v) is 2.62. The number of rotatable bonds is 1. The first-order valence-corrected chi connectivity index (χ1v) is 6.25. The average molecular weight is 248 g/mol. The van der Waals surface area contributed by atoms with Gasteiger partial charge in [-0.3, -0.25) is 4.68 Å².